The molecule has 8 nitrogen and oxygen atoms in total. The predicted octanol–water partition coefficient (Wildman–Crippen LogP) is 1.67. The van der Waals surface area contributed by atoms with Crippen LogP contribution >= 0.6 is 0 Å². The lowest BCUT2D eigenvalue weighted by Gasteiger charge is -2.27. The van der Waals surface area contributed by atoms with E-state index in [1.54, 1.807) is 18.2 Å². The largest absolute Gasteiger partial charge is 0.494 e. The third kappa shape index (κ3) is 4.22. The fourth-order valence-corrected chi connectivity index (χ4v) is 3.36. The predicted molar refractivity (Wildman–Crippen MR) is 99.0 cm³/mol. The average molecular weight is 388 g/mol. The fraction of sp³-hybridized carbons (Fsp3) is 0.500. The molecule has 150 valence electrons. The Morgan fingerprint density at radius 1 is 1.04 bits per heavy atom. The number of hydrogen-bond acceptors (Lipinski definition) is 6. The van der Waals surface area contributed by atoms with Crippen LogP contribution in [0, 0.1) is 0 Å². The van der Waals surface area contributed by atoms with E-state index in [1.165, 1.54) is 0 Å². The highest BCUT2D eigenvalue weighted by Gasteiger charge is 2.44. The van der Waals surface area contributed by atoms with E-state index < -0.39 is 29.7 Å². The summed E-state index contributed by atoms with van der Waals surface area (Å²) in [6.07, 6.45) is 3.04. The number of ether oxygens (including phenoxy) is 2. The van der Waals surface area contributed by atoms with Crippen molar-refractivity contribution in [3.8, 4) is 5.75 Å². The van der Waals surface area contributed by atoms with Crippen molar-refractivity contribution in [3.63, 3.8) is 0 Å². The molecule has 28 heavy (non-hydrogen) atoms. The number of rotatable bonds is 9. The normalized spacial score (nSPS) is 19.0. The van der Waals surface area contributed by atoms with E-state index in [9.17, 15) is 19.2 Å². The van der Waals surface area contributed by atoms with Crippen LogP contribution in [0.15, 0.2) is 18.2 Å². The molecule has 1 atom stereocenters. The van der Waals surface area contributed by atoms with Gasteiger partial charge in [-0.1, -0.05) is 0 Å². The maximum absolute atomic E-state index is 12.7. The van der Waals surface area contributed by atoms with Gasteiger partial charge in [0.15, 0.2) is 0 Å². The van der Waals surface area contributed by atoms with Crippen molar-refractivity contribution < 1.29 is 28.7 Å². The lowest BCUT2D eigenvalue weighted by Crippen LogP contribution is -2.54. The highest BCUT2D eigenvalue weighted by Crippen LogP contribution is 2.30. The maximum atomic E-state index is 12.7. The van der Waals surface area contributed by atoms with Crippen LogP contribution in [0.5, 0.6) is 5.75 Å². The van der Waals surface area contributed by atoms with E-state index in [2.05, 4.69) is 5.32 Å². The summed E-state index contributed by atoms with van der Waals surface area (Å²) in [5.74, 6) is -1.55. The molecule has 0 bridgehead atoms. The Morgan fingerprint density at radius 2 is 1.79 bits per heavy atom. The first-order valence-electron chi connectivity index (χ1n) is 9.59. The second kappa shape index (κ2) is 8.97. The van der Waals surface area contributed by atoms with Crippen molar-refractivity contribution in [2.75, 3.05) is 19.8 Å². The number of benzene rings is 1. The van der Waals surface area contributed by atoms with Gasteiger partial charge in [-0.3, -0.25) is 29.4 Å². The molecule has 0 aromatic heterocycles. The molecule has 1 unspecified atom stereocenters. The van der Waals surface area contributed by atoms with E-state index in [1.807, 2.05) is 6.92 Å². The lowest BCUT2D eigenvalue weighted by atomic mass is 10.0. The maximum Gasteiger partial charge on any atom is 0.262 e. The number of fused-ring (bicyclic) bond motifs is 1. The minimum Gasteiger partial charge on any atom is -0.494 e. The van der Waals surface area contributed by atoms with Crippen molar-refractivity contribution in [3.05, 3.63) is 29.3 Å². The molecule has 1 fully saturated rings. The number of piperidine rings is 1. The minimum absolute atomic E-state index is 0.0987. The summed E-state index contributed by atoms with van der Waals surface area (Å²) in [4.78, 5) is 49.7. The summed E-state index contributed by atoms with van der Waals surface area (Å²) in [6.45, 7) is 3.92. The molecule has 4 amide bonds. The summed E-state index contributed by atoms with van der Waals surface area (Å²) < 4.78 is 11.0. The van der Waals surface area contributed by atoms with Gasteiger partial charge in [0.2, 0.25) is 11.8 Å². The van der Waals surface area contributed by atoms with E-state index in [4.69, 9.17) is 9.47 Å². The van der Waals surface area contributed by atoms with Crippen molar-refractivity contribution in [1.29, 1.82) is 0 Å². The molecule has 1 aromatic carbocycles. The van der Waals surface area contributed by atoms with Gasteiger partial charge in [-0.2, -0.15) is 0 Å². The Bertz CT molecular complexity index is 791. The molecule has 2 aliphatic heterocycles. The number of imide groups is 2. The van der Waals surface area contributed by atoms with Crippen molar-refractivity contribution in [1.82, 2.24) is 10.2 Å². The van der Waals surface area contributed by atoms with E-state index in [-0.39, 0.29) is 24.0 Å². The second-order valence-corrected chi connectivity index (χ2v) is 6.76. The SMILES string of the molecule is CCOCCCCCOc1ccc2c(c1)C(=O)N(C1CCC(=O)NC1=O)C2=O. The van der Waals surface area contributed by atoms with Gasteiger partial charge >= 0.3 is 0 Å². The van der Waals surface area contributed by atoms with Crippen LogP contribution in [0.2, 0.25) is 0 Å². The van der Waals surface area contributed by atoms with Gasteiger partial charge in [-0.25, -0.2) is 0 Å². The topological polar surface area (TPSA) is 102 Å². The Morgan fingerprint density at radius 3 is 2.54 bits per heavy atom. The standard InChI is InChI=1S/C20H24N2O6/c1-2-27-10-4-3-5-11-28-13-6-7-14-15(12-13)20(26)22(19(14)25)16-8-9-17(23)21-18(16)24/h6-7,12,16H,2-5,8-11H2,1H3,(H,21,23,24). The Kier molecular flexibility index (Phi) is 6.41. The molecule has 1 N–H and O–H groups in total. The fourth-order valence-electron chi connectivity index (χ4n) is 3.36. The zero-order chi connectivity index (χ0) is 20.1. The van der Waals surface area contributed by atoms with Gasteiger partial charge in [-0.05, 0) is 50.8 Å². The molecule has 8 heteroatoms. The number of unbranched alkanes of at least 4 members (excludes halogenated alkanes) is 2. The second-order valence-electron chi connectivity index (χ2n) is 6.76. The highest BCUT2D eigenvalue weighted by atomic mass is 16.5. The molecule has 1 aromatic rings. The average Bonchev–Trinajstić information content (AvgIpc) is 2.92. The van der Waals surface area contributed by atoms with Crippen LogP contribution in [-0.4, -0.2) is 54.4 Å². The summed E-state index contributed by atoms with van der Waals surface area (Å²) in [7, 11) is 0. The molecule has 3 rings (SSSR count). The molecular formula is C20H24N2O6. The van der Waals surface area contributed by atoms with Crippen LogP contribution in [0.3, 0.4) is 0 Å². The van der Waals surface area contributed by atoms with E-state index in [0.29, 0.717) is 19.0 Å². The highest BCUT2D eigenvalue weighted by molar-refractivity contribution is 6.23. The molecule has 2 heterocycles. The van der Waals surface area contributed by atoms with Gasteiger partial charge in [0.1, 0.15) is 11.8 Å². The zero-order valence-electron chi connectivity index (χ0n) is 15.9. The van der Waals surface area contributed by atoms with Gasteiger partial charge in [0, 0.05) is 19.6 Å². The van der Waals surface area contributed by atoms with Crippen molar-refractivity contribution in [2.24, 2.45) is 0 Å². The number of carbonyl (C=O) groups excluding carboxylic acids is 4. The minimum atomic E-state index is -0.959. The van der Waals surface area contributed by atoms with Crippen LogP contribution < -0.4 is 10.1 Å². The Labute approximate surface area is 163 Å². The first-order chi connectivity index (χ1) is 13.5. The summed E-state index contributed by atoms with van der Waals surface area (Å²) in [5.41, 5.74) is 0.474. The third-order valence-corrected chi connectivity index (χ3v) is 4.82. The first-order valence-corrected chi connectivity index (χ1v) is 9.59. The third-order valence-electron chi connectivity index (χ3n) is 4.82. The number of nitrogens with one attached hydrogen (secondary N) is 1. The van der Waals surface area contributed by atoms with Crippen LogP contribution in [0.4, 0.5) is 0 Å². The summed E-state index contributed by atoms with van der Waals surface area (Å²) in [5, 5.41) is 2.18. The van der Waals surface area contributed by atoms with Crippen LogP contribution in [-0.2, 0) is 14.3 Å². The smallest absolute Gasteiger partial charge is 0.262 e. The molecule has 0 aliphatic carbocycles. The summed E-state index contributed by atoms with van der Waals surface area (Å²) in [6, 6.07) is 3.78. The van der Waals surface area contributed by atoms with Gasteiger partial charge in [0.25, 0.3) is 11.8 Å². The first kappa shape index (κ1) is 20.0. The number of nitrogens with zero attached hydrogens (tertiary/aromatic N) is 1. The molecule has 0 saturated carbocycles. The van der Waals surface area contributed by atoms with Crippen LogP contribution in [0.25, 0.3) is 0 Å². The number of carbonyl (C=O) groups is 4. The molecular weight excluding hydrogens is 364 g/mol. The lowest BCUT2D eigenvalue weighted by molar-refractivity contribution is -0.136. The van der Waals surface area contributed by atoms with E-state index in [0.717, 1.165) is 30.8 Å². The van der Waals surface area contributed by atoms with E-state index >= 15 is 0 Å². The van der Waals surface area contributed by atoms with Gasteiger partial charge in [0.05, 0.1) is 17.7 Å². The summed E-state index contributed by atoms with van der Waals surface area (Å²) >= 11 is 0. The molecule has 0 spiro atoms. The monoisotopic (exact) mass is 388 g/mol. The number of amides is 4. The Hall–Kier alpha value is -2.74. The van der Waals surface area contributed by atoms with Crippen molar-refractivity contribution >= 4 is 23.6 Å². The quantitative estimate of drug-likeness (QED) is 0.510. The molecule has 0 radical (unpaired) electrons. The number of hydrogen-bond donors (Lipinski definition) is 1. The zero-order valence-corrected chi connectivity index (χ0v) is 15.9. The van der Waals surface area contributed by atoms with Crippen LogP contribution in [0.1, 0.15) is 59.7 Å². The Balaban J connectivity index is 1.60. The molecule has 2 aliphatic rings. The van der Waals surface area contributed by atoms with Gasteiger partial charge in [-0.15, -0.1) is 0 Å². The van der Waals surface area contributed by atoms with Crippen molar-refractivity contribution in [2.45, 2.75) is 45.1 Å². The van der Waals surface area contributed by atoms with Gasteiger partial charge < -0.3 is 9.47 Å². The molecule has 1 saturated heterocycles.